The molecule has 3 heterocycles. The van der Waals surface area contributed by atoms with Gasteiger partial charge in [0.2, 0.25) is 5.78 Å². The van der Waals surface area contributed by atoms with E-state index in [1.807, 2.05) is 6.20 Å². The van der Waals surface area contributed by atoms with E-state index in [0.717, 1.165) is 18.5 Å². The smallest absolute Gasteiger partial charge is 0.277 e. The number of anilines is 1. The third kappa shape index (κ3) is 2.37. The maximum Gasteiger partial charge on any atom is 0.277 e. The van der Waals surface area contributed by atoms with Gasteiger partial charge in [0, 0.05) is 23.5 Å². The molecule has 1 aliphatic carbocycles. The molecule has 1 amide bonds. The second kappa shape index (κ2) is 5.17. The molecule has 3 aromatic rings. The Hall–Kier alpha value is -2.28. The minimum atomic E-state index is -0.246. The number of thiazole rings is 1. The Morgan fingerprint density at radius 3 is 3.23 bits per heavy atom. The molecule has 1 N–H and O–H groups in total. The van der Waals surface area contributed by atoms with Crippen molar-refractivity contribution in [3.05, 3.63) is 40.9 Å². The van der Waals surface area contributed by atoms with Crippen molar-refractivity contribution in [2.45, 2.75) is 26.2 Å². The van der Waals surface area contributed by atoms with Gasteiger partial charge in [0.1, 0.15) is 5.69 Å². The quantitative estimate of drug-likeness (QED) is 0.789. The van der Waals surface area contributed by atoms with Gasteiger partial charge in [-0.25, -0.2) is 15.0 Å². The minimum absolute atomic E-state index is 0.246. The normalized spacial score (nSPS) is 17.4. The van der Waals surface area contributed by atoms with Crippen molar-refractivity contribution < 1.29 is 4.79 Å². The molecular formula is C15H15N5OS. The zero-order chi connectivity index (χ0) is 15.1. The molecule has 1 aliphatic rings. The molecule has 7 heteroatoms. The van der Waals surface area contributed by atoms with Crippen LogP contribution in [-0.2, 0) is 12.8 Å². The molecule has 0 aromatic carbocycles. The molecular weight excluding hydrogens is 298 g/mol. The summed E-state index contributed by atoms with van der Waals surface area (Å²) in [4.78, 5) is 26.5. The lowest BCUT2D eigenvalue weighted by atomic mass is 9.93. The average molecular weight is 313 g/mol. The molecule has 0 saturated heterocycles. The highest BCUT2D eigenvalue weighted by molar-refractivity contribution is 7.15. The van der Waals surface area contributed by atoms with Crippen LogP contribution in [0.5, 0.6) is 0 Å². The van der Waals surface area contributed by atoms with Crippen LogP contribution in [0.2, 0.25) is 0 Å². The number of nitrogens with one attached hydrogen (secondary N) is 1. The van der Waals surface area contributed by atoms with E-state index in [0.29, 0.717) is 22.5 Å². The lowest BCUT2D eigenvalue weighted by molar-refractivity contribution is 0.102. The zero-order valence-electron chi connectivity index (χ0n) is 12.1. The highest BCUT2D eigenvalue weighted by Gasteiger charge is 2.21. The third-order valence-corrected chi connectivity index (χ3v) is 4.91. The predicted octanol–water partition coefficient (Wildman–Crippen LogP) is 2.56. The molecule has 0 saturated carbocycles. The number of nitrogens with zero attached hydrogens (tertiary/aromatic N) is 4. The van der Waals surface area contributed by atoms with Crippen molar-refractivity contribution >= 4 is 28.2 Å². The largest absolute Gasteiger partial charge is 0.296 e. The summed E-state index contributed by atoms with van der Waals surface area (Å²) in [5.74, 6) is 0.963. The van der Waals surface area contributed by atoms with E-state index in [-0.39, 0.29) is 5.91 Å². The number of aryl methyl sites for hydroxylation is 1. The van der Waals surface area contributed by atoms with E-state index >= 15 is 0 Å². The number of hydrogen-bond donors (Lipinski definition) is 1. The number of aromatic nitrogens is 4. The SMILES string of the molecule is C[C@@H]1CCc2nc(NC(=O)c3cn4cccnc4n3)sc2C1. The maximum absolute atomic E-state index is 12.3. The number of carbonyl (C=O) groups is 1. The van der Waals surface area contributed by atoms with E-state index in [1.54, 1.807) is 34.2 Å². The fourth-order valence-corrected chi connectivity index (χ4v) is 3.86. The summed E-state index contributed by atoms with van der Waals surface area (Å²) in [5, 5.41) is 3.52. The van der Waals surface area contributed by atoms with Crippen LogP contribution in [0.15, 0.2) is 24.7 Å². The van der Waals surface area contributed by atoms with Crippen LogP contribution in [0, 0.1) is 5.92 Å². The predicted molar refractivity (Wildman–Crippen MR) is 84.2 cm³/mol. The molecule has 4 rings (SSSR count). The molecule has 6 nitrogen and oxygen atoms in total. The van der Waals surface area contributed by atoms with Gasteiger partial charge in [-0.15, -0.1) is 11.3 Å². The van der Waals surface area contributed by atoms with Crippen LogP contribution in [0.1, 0.15) is 34.4 Å². The van der Waals surface area contributed by atoms with Crippen LogP contribution in [0.4, 0.5) is 5.13 Å². The Balaban J connectivity index is 1.56. The van der Waals surface area contributed by atoms with Crippen LogP contribution < -0.4 is 5.32 Å². The van der Waals surface area contributed by atoms with Crippen molar-refractivity contribution in [1.29, 1.82) is 0 Å². The average Bonchev–Trinajstić information content (AvgIpc) is 3.09. The fourth-order valence-electron chi connectivity index (χ4n) is 2.69. The molecule has 0 aliphatic heterocycles. The Bertz CT molecular complexity index is 820. The van der Waals surface area contributed by atoms with Gasteiger partial charge in [0.25, 0.3) is 5.91 Å². The summed E-state index contributed by atoms with van der Waals surface area (Å²) in [6.07, 6.45) is 8.37. The minimum Gasteiger partial charge on any atom is -0.296 e. The summed E-state index contributed by atoms with van der Waals surface area (Å²) >= 11 is 1.58. The number of hydrogen-bond acceptors (Lipinski definition) is 5. The highest BCUT2D eigenvalue weighted by Crippen LogP contribution is 2.32. The monoisotopic (exact) mass is 313 g/mol. The molecule has 0 radical (unpaired) electrons. The van der Waals surface area contributed by atoms with E-state index in [4.69, 9.17) is 0 Å². The summed E-state index contributed by atoms with van der Waals surface area (Å²) in [6.45, 7) is 2.25. The van der Waals surface area contributed by atoms with Gasteiger partial charge in [-0.2, -0.15) is 0 Å². The molecule has 1 atom stereocenters. The Kier molecular flexibility index (Phi) is 3.15. The molecule has 112 valence electrons. The van der Waals surface area contributed by atoms with Gasteiger partial charge in [0.05, 0.1) is 5.69 Å². The van der Waals surface area contributed by atoms with Crippen molar-refractivity contribution in [2.24, 2.45) is 5.92 Å². The molecule has 0 spiro atoms. The molecule has 22 heavy (non-hydrogen) atoms. The number of amides is 1. The summed E-state index contributed by atoms with van der Waals surface area (Å²) in [5.41, 5.74) is 1.48. The first kappa shape index (κ1) is 13.4. The number of fused-ring (bicyclic) bond motifs is 2. The molecule has 3 aromatic heterocycles. The van der Waals surface area contributed by atoms with E-state index in [2.05, 4.69) is 27.2 Å². The Morgan fingerprint density at radius 1 is 1.45 bits per heavy atom. The van der Waals surface area contributed by atoms with Crippen LogP contribution in [-0.4, -0.2) is 25.3 Å². The fraction of sp³-hybridized carbons (Fsp3) is 0.333. The summed E-state index contributed by atoms with van der Waals surface area (Å²) < 4.78 is 1.73. The van der Waals surface area contributed by atoms with Gasteiger partial charge in [0.15, 0.2) is 5.13 Å². The third-order valence-electron chi connectivity index (χ3n) is 3.87. The van der Waals surface area contributed by atoms with Crippen molar-refractivity contribution in [2.75, 3.05) is 5.32 Å². The van der Waals surface area contributed by atoms with Gasteiger partial charge in [-0.3, -0.25) is 14.5 Å². The topological polar surface area (TPSA) is 72.2 Å². The highest BCUT2D eigenvalue weighted by atomic mass is 32.1. The first-order chi connectivity index (χ1) is 10.7. The van der Waals surface area contributed by atoms with Crippen molar-refractivity contribution in [3.63, 3.8) is 0 Å². The summed E-state index contributed by atoms with van der Waals surface area (Å²) in [7, 11) is 0. The van der Waals surface area contributed by atoms with Crippen molar-refractivity contribution in [3.8, 4) is 0 Å². The summed E-state index contributed by atoms with van der Waals surface area (Å²) in [6, 6.07) is 1.80. The molecule has 0 bridgehead atoms. The van der Waals surface area contributed by atoms with Gasteiger partial charge >= 0.3 is 0 Å². The lowest BCUT2D eigenvalue weighted by Crippen LogP contribution is -2.12. The second-order valence-corrected chi connectivity index (χ2v) is 6.73. The van der Waals surface area contributed by atoms with Gasteiger partial charge in [-0.1, -0.05) is 6.92 Å². The van der Waals surface area contributed by atoms with Crippen LogP contribution >= 0.6 is 11.3 Å². The lowest BCUT2D eigenvalue weighted by Gasteiger charge is -2.15. The number of imidazole rings is 1. The van der Waals surface area contributed by atoms with Crippen LogP contribution in [0.25, 0.3) is 5.78 Å². The zero-order valence-corrected chi connectivity index (χ0v) is 12.9. The Morgan fingerprint density at radius 2 is 2.36 bits per heavy atom. The standard InChI is InChI=1S/C15H15N5OS/c1-9-3-4-10-12(7-9)22-15(18-10)19-13(21)11-8-20-6-2-5-16-14(20)17-11/h2,5-6,8-9H,3-4,7H2,1H3,(H,18,19,21)/t9-/m1/s1. The second-order valence-electron chi connectivity index (χ2n) is 5.64. The first-order valence-corrected chi connectivity index (χ1v) is 8.10. The molecule has 0 fully saturated rings. The number of carbonyl (C=O) groups excluding carboxylic acids is 1. The van der Waals surface area contributed by atoms with Gasteiger partial charge < -0.3 is 0 Å². The van der Waals surface area contributed by atoms with E-state index in [9.17, 15) is 4.79 Å². The molecule has 0 unspecified atom stereocenters. The van der Waals surface area contributed by atoms with Crippen LogP contribution in [0.3, 0.4) is 0 Å². The number of rotatable bonds is 2. The Labute approximate surface area is 131 Å². The first-order valence-electron chi connectivity index (χ1n) is 7.28. The van der Waals surface area contributed by atoms with Crippen molar-refractivity contribution in [1.82, 2.24) is 19.4 Å². The van der Waals surface area contributed by atoms with E-state index < -0.39 is 0 Å². The maximum atomic E-state index is 12.3. The van der Waals surface area contributed by atoms with E-state index in [1.165, 1.54) is 11.3 Å². The van der Waals surface area contributed by atoms with Gasteiger partial charge in [-0.05, 0) is 31.2 Å².